The van der Waals surface area contributed by atoms with E-state index < -0.39 is 0 Å². The number of anilines is 2. The van der Waals surface area contributed by atoms with E-state index in [1.807, 2.05) is 25.1 Å². The predicted octanol–water partition coefficient (Wildman–Crippen LogP) is 3.87. The molecule has 1 aliphatic rings. The lowest BCUT2D eigenvalue weighted by molar-refractivity contribution is -0.111. The Morgan fingerprint density at radius 2 is 2.23 bits per heavy atom. The van der Waals surface area contributed by atoms with Gasteiger partial charge in [-0.25, -0.2) is 0 Å². The molecule has 26 heavy (non-hydrogen) atoms. The van der Waals surface area contributed by atoms with Crippen LogP contribution < -0.4 is 15.5 Å². The maximum absolute atomic E-state index is 11.9. The number of rotatable bonds is 7. The maximum Gasteiger partial charge on any atom is 0.247 e. The molecule has 1 atom stereocenters. The fraction of sp³-hybridized carbons (Fsp3) is 0.333. The summed E-state index contributed by atoms with van der Waals surface area (Å²) in [5, 5.41) is 5.94. The monoisotopic (exact) mass is 352 g/mol. The van der Waals surface area contributed by atoms with E-state index in [9.17, 15) is 4.79 Å². The van der Waals surface area contributed by atoms with Crippen molar-refractivity contribution >= 4 is 23.1 Å². The fourth-order valence-electron chi connectivity index (χ4n) is 2.98. The van der Waals surface area contributed by atoms with Crippen LogP contribution in [0.15, 0.2) is 60.8 Å². The second kappa shape index (κ2) is 9.61. The predicted molar refractivity (Wildman–Crippen MR) is 111 cm³/mol. The minimum Gasteiger partial charge on any atom is -0.370 e. The quantitative estimate of drug-likeness (QED) is 0.445. The highest BCUT2D eigenvalue weighted by Gasteiger charge is 2.21. The number of nitrogens with one attached hydrogen (secondary N) is 2. The minimum absolute atomic E-state index is 0.206. The van der Waals surface area contributed by atoms with Crippen molar-refractivity contribution in [3.63, 3.8) is 0 Å². The lowest BCUT2D eigenvalue weighted by Crippen LogP contribution is -2.21. The van der Waals surface area contributed by atoms with Crippen LogP contribution in [0, 0.1) is 5.92 Å². The second-order valence-electron chi connectivity index (χ2n) is 6.43. The molecular formula is C21H28N4O. The molecule has 1 aromatic rings. The topological polar surface area (TPSA) is 56.7 Å². The molecule has 2 N–H and O–H groups in total. The minimum atomic E-state index is -0.206. The van der Waals surface area contributed by atoms with Crippen LogP contribution in [0.1, 0.15) is 25.8 Å². The van der Waals surface area contributed by atoms with Crippen molar-refractivity contribution in [2.75, 3.05) is 23.3 Å². The van der Waals surface area contributed by atoms with Gasteiger partial charge in [-0.1, -0.05) is 32.2 Å². The van der Waals surface area contributed by atoms with E-state index >= 15 is 0 Å². The number of benzene rings is 1. The van der Waals surface area contributed by atoms with E-state index in [2.05, 4.69) is 52.7 Å². The molecule has 1 aromatic carbocycles. The third-order valence-corrected chi connectivity index (χ3v) is 4.28. The number of hydrogen-bond acceptors (Lipinski definition) is 3. The normalized spacial score (nSPS) is 17.4. The standard InChI is InChI=1S/C21H28N4O/c1-5-8-20(22-7-3)23-14-17-9-10-19(25-12-11-16(4)15-25)18(13-17)24-21(26)6-2/h5-10,13,16H,2-3,11-12,14-15H2,1,4H3,(H,22,23)(H,24,26)/b8-5-. The largest absolute Gasteiger partial charge is 0.370 e. The van der Waals surface area contributed by atoms with Gasteiger partial charge in [-0.05, 0) is 55.3 Å². The zero-order valence-corrected chi connectivity index (χ0v) is 15.7. The van der Waals surface area contributed by atoms with Gasteiger partial charge in [0.1, 0.15) is 5.84 Å². The summed E-state index contributed by atoms with van der Waals surface area (Å²) >= 11 is 0. The third kappa shape index (κ3) is 5.34. The fourth-order valence-corrected chi connectivity index (χ4v) is 2.98. The van der Waals surface area contributed by atoms with Gasteiger partial charge in [0.25, 0.3) is 0 Å². The molecule has 1 amide bonds. The van der Waals surface area contributed by atoms with Crippen LogP contribution in [0.4, 0.5) is 11.4 Å². The van der Waals surface area contributed by atoms with Crippen molar-refractivity contribution in [2.24, 2.45) is 10.9 Å². The zero-order valence-electron chi connectivity index (χ0n) is 15.7. The Hall–Kier alpha value is -2.82. The zero-order chi connectivity index (χ0) is 18.9. The van der Waals surface area contributed by atoms with E-state index in [0.717, 1.165) is 35.9 Å². The molecule has 0 aliphatic carbocycles. The summed E-state index contributed by atoms with van der Waals surface area (Å²) in [5.41, 5.74) is 2.88. The van der Waals surface area contributed by atoms with Gasteiger partial charge < -0.3 is 15.5 Å². The van der Waals surface area contributed by atoms with Crippen LogP contribution in [0.2, 0.25) is 0 Å². The highest BCUT2D eigenvalue weighted by atomic mass is 16.1. The van der Waals surface area contributed by atoms with Gasteiger partial charge in [-0.3, -0.25) is 9.79 Å². The van der Waals surface area contributed by atoms with Crippen molar-refractivity contribution < 1.29 is 4.79 Å². The molecule has 5 nitrogen and oxygen atoms in total. The molecule has 138 valence electrons. The van der Waals surface area contributed by atoms with E-state index in [0.29, 0.717) is 12.5 Å². The first-order valence-corrected chi connectivity index (χ1v) is 8.93. The van der Waals surface area contributed by atoms with Gasteiger partial charge >= 0.3 is 0 Å². The highest BCUT2D eigenvalue weighted by molar-refractivity contribution is 6.01. The number of amidine groups is 1. The van der Waals surface area contributed by atoms with Crippen LogP contribution in [0.3, 0.4) is 0 Å². The Morgan fingerprint density at radius 1 is 1.42 bits per heavy atom. The van der Waals surface area contributed by atoms with Crippen molar-refractivity contribution in [1.82, 2.24) is 5.32 Å². The molecule has 5 heteroatoms. The molecule has 1 aliphatic heterocycles. The molecule has 1 heterocycles. The summed E-state index contributed by atoms with van der Waals surface area (Å²) in [7, 11) is 0. The van der Waals surface area contributed by atoms with Crippen molar-refractivity contribution in [2.45, 2.75) is 26.8 Å². The van der Waals surface area contributed by atoms with E-state index in [-0.39, 0.29) is 5.91 Å². The molecule has 0 bridgehead atoms. The number of hydrogen-bond donors (Lipinski definition) is 2. The van der Waals surface area contributed by atoms with Gasteiger partial charge in [-0.15, -0.1) is 0 Å². The molecule has 0 aromatic heterocycles. The summed E-state index contributed by atoms with van der Waals surface area (Å²) in [6, 6.07) is 6.12. The number of aliphatic imine (C=N–C) groups is 1. The van der Waals surface area contributed by atoms with Gasteiger partial charge in [0, 0.05) is 13.1 Å². The number of carbonyl (C=O) groups excluding carboxylic acids is 1. The van der Waals surface area contributed by atoms with Gasteiger partial charge in [0.05, 0.1) is 17.9 Å². The molecule has 0 spiro atoms. The molecule has 2 rings (SSSR count). The van der Waals surface area contributed by atoms with Crippen molar-refractivity contribution in [3.8, 4) is 0 Å². The molecule has 1 fully saturated rings. The summed E-state index contributed by atoms with van der Waals surface area (Å²) < 4.78 is 0. The first-order valence-electron chi connectivity index (χ1n) is 8.93. The molecular weight excluding hydrogens is 324 g/mol. The third-order valence-electron chi connectivity index (χ3n) is 4.28. The Labute approximate surface area is 156 Å². The molecule has 0 radical (unpaired) electrons. The Bertz CT molecular complexity index is 721. The van der Waals surface area contributed by atoms with Gasteiger partial charge in [-0.2, -0.15) is 0 Å². The molecule has 1 saturated heterocycles. The van der Waals surface area contributed by atoms with Crippen LogP contribution >= 0.6 is 0 Å². The SMILES string of the molecule is C=CNC(/C=C\C)=NCc1ccc(N2CCC(C)C2)c(NC(=O)C=C)c1. The summed E-state index contributed by atoms with van der Waals surface area (Å²) in [6.07, 6.45) is 7.87. The highest BCUT2D eigenvalue weighted by Crippen LogP contribution is 2.31. The van der Waals surface area contributed by atoms with Gasteiger partial charge in [0.15, 0.2) is 0 Å². The van der Waals surface area contributed by atoms with E-state index in [1.54, 1.807) is 6.20 Å². The van der Waals surface area contributed by atoms with Crippen LogP contribution in [-0.2, 0) is 11.3 Å². The molecule has 1 unspecified atom stereocenters. The number of allylic oxidation sites excluding steroid dienone is 1. The summed E-state index contributed by atoms with van der Waals surface area (Å²) in [5.74, 6) is 1.20. The Balaban J connectivity index is 2.27. The Kier molecular flexibility index (Phi) is 7.21. The van der Waals surface area contributed by atoms with E-state index in [4.69, 9.17) is 0 Å². The lowest BCUT2D eigenvalue weighted by Gasteiger charge is -2.22. The first-order chi connectivity index (χ1) is 12.6. The Morgan fingerprint density at radius 3 is 2.85 bits per heavy atom. The molecule has 0 saturated carbocycles. The van der Waals surface area contributed by atoms with E-state index in [1.165, 1.54) is 12.5 Å². The second-order valence-corrected chi connectivity index (χ2v) is 6.43. The van der Waals surface area contributed by atoms with Gasteiger partial charge in [0.2, 0.25) is 5.91 Å². The van der Waals surface area contributed by atoms with Crippen molar-refractivity contribution in [1.29, 1.82) is 0 Å². The average molecular weight is 352 g/mol. The van der Waals surface area contributed by atoms with Crippen LogP contribution in [-0.4, -0.2) is 24.8 Å². The summed E-state index contributed by atoms with van der Waals surface area (Å²) in [6.45, 7) is 13.9. The lowest BCUT2D eigenvalue weighted by atomic mass is 10.1. The van der Waals surface area contributed by atoms with Crippen LogP contribution in [0.25, 0.3) is 0 Å². The van der Waals surface area contributed by atoms with Crippen LogP contribution in [0.5, 0.6) is 0 Å². The summed E-state index contributed by atoms with van der Waals surface area (Å²) in [4.78, 5) is 18.7. The number of amides is 1. The maximum atomic E-state index is 11.9. The number of carbonyl (C=O) groups is 1. The first kappa shape index (κ1) is 19.5. The average Bonchev–Trinajstić information content (AvgIpc) is 3.06. The van der Waals surface area contributed by atoms with Crippen molar-refractivity contribution in [3.05, 3.63) is 61.3 Å². The smallest absolute Gasteiger partial charge is 0.247 e. The number of nitrogens with zero attached hydrogens (tertiary/aromatic N) is 2.